The number of anilines is 1. The highest BCUT2D eigenvalue weighted by molar-refractivity contribution is 7.21. The summed E-state index contributed by atoms with van der Waals surface area (Å²) in [5.41, 5.74) is 0. The van der Waals surface area contributed by atoms with Crippen LogP contribution >= 0.6 is 34.5 Å². The molecule has 1 fully saturated rings. The Morgan fingerprint density at radius 2 is 1.80 bits per heavy atom. The number of piperazine rings is 1. The van der Waals surface area contributed by atoms with Crippen molar-refractivity contribution in [2.45, 2.75) is 0 Å². The van der Waals surface area contributed by atoms with E-state index >= 15 is 0 Å². The molecule has 1 saturated heterocycles. The lowest BCUT2D eigenvalue weighted by Crippen LogP contribution is -2.48. The Morgan fingerprint density at radius 1 is 1.04 bits per heavy atom. The molecule has 1 aromatic carbocycles. The lowest BCUT2D eigenvalue weighted by atomic mass is 10.2. The minimum atomic E-state index is 0.00918. The van der Waals surface area contributed by atoms with Crippen LogP contribution < -0.4 is 4.90 Å². The number of pyridine rings is 1. The zero-order valence-corrected chi connectivity index (χ0v) is 15.6. The van der Waals surface area contributed by atoms with Gasteiger partial charge in [0.2, 0.25) is 0 Å². The van der Waals surface area contributed by atoms with E-state index in [1.54, 1.807) is 6.20 Å². The maximum absolute atomic E-state index is 12.9. The molecule has 0 unspecified atom stereocenters. The van der Waals surface area contributed by atoms with Crippen LogP contribution in [-0.4, -0.2) is 42.0 Å². The van der Waals surface area contributed by atoms with E-state index in [0.29, 0.717) is 28.0 Å². The van der Waals surface area contributed by atoms with Crippen LogP contribution in [0.5, 0.6) is 0 Å². The highest BCUT2D eigenvalue weighted by Gasteiger charge is 2.26. The number of hydrogen-bond acceptors (Lipinski definition) is 4. The summed E-state index contributed by atoms with van der Waals surface area (Å²) in [6.45, 7) is 2.77. The van der Waals surface area contributed by atoms with E-state index in [4.69, 9.17) is 23.2 Å². The third-order valence-electron chi connectivity index (χ3n) is 4.33. The van der Waals surface area contributed by atoms with Crippen molar-refractivity contribution in [3.8, 4) is 0 Å². The number of amides is 1. The van der Waals surface area contributed by atoms with Crippen LogP contribution in [0.3, 0.4) is 0 Å². The third kappa shape index (κ3) is 3.19. The number of fused-ring (bicyclic) bond motifs is 1. The van der Waals surface area contributed by atoms with Crippen LogP contribution in [-0.2, 0) is 0 Å². The van der Waals surface area contributed by atoms with E-state index in [0.717, 1.165) is 29.0 Å². The van der Waals surface area contributed by atoms with Crippen LogP contribution in [0.4, 0.5) is 5.82 Å². The fourth-order valence-electron chi connectivity index (χ4n) is 2.99. The zero-order valence-electron chi connectivity index (χ0n) is 13.3. The smallest absolute Gasteiger partial charge is 0.265 e. The second kappa shape index (κ2) is 6.83. The van der Waals surface area contributed by atoms with Crippen LogP contribution in [0.2, 0.25) is 10.0 Å². The van der Waals surface area contributed by atoms with E-state index in [1.807, 2.05) is 41.3 Å². The van der Waals surface area contributed by atoms with E-state index in [1.165, 1.54) is 11.3 Å². The summed E-state index contributed by atoms with van der Waals surface area (Å²) in [7, 11) is 0. The van der Waals surface area contributed by atoms with Gasteiger partial charge in [-0.1, -0.05) is 41.4 Å². The molecule has 4 nitrogen and oxygen atoms in total. The Hall–Kier alpha value is -1.82. The highest BCUT2D eigenvalue weighted by Crippen LogP contribution is 2.36. The fourth-order valence-corrected chi connectivity index (χ4v) is 4.58. The lowest BCUT2D eigenvalue weighted by Gasteiger charge is -2.35. The monoisotopic (exact) mass is 391 g/mol. The molecule has 3 aromatic rings. The Labute approximate surface area is 159 Å². The molecular formula is C18H15Cl2N3OS. The summed E-state index contributed by atoms with van der Waals surface area (Å²) in [5, 5.41) is 2.13. The number of rotatable bonds is 2. The molecule has 0 bridgehead atoms. The average Bonchev–Trinajstić information content (AvgIpc) is 2.99. The molecule has 0 saturated carbocycles. The average molecular weight is 392 g/mol. The summed E-state index contributed by atoms with van der Waals surface area (Å²) in [4.78, 5) is 21.9. The molecule has 0 N–H and O–H groups in total. The van der Waals surface area contributed by atoms with E-state index in [2.05, 4.69) is 9.88 Å². The molecule has 1 aliphatic heterocycles. The Kier molecular flexibility index (Phi) is 4.54. The number of nitrogens with zero attached hydrogens (tertiary/aromatic N) is 3. The molecule has 3 heterocycles. The summed E-state index contributed by atoms with van der Waals surface area (Å²) in [6.07, 6.45) is 1.64. The first kappa shape index (κ1) is 16.6. The number of hydrogen-bond donors (Lipinski definition) is 0. The molecule has 128 valence electrons. The van der Waals surface area contributed by atoms with Crippen molar-refractivity contribution >= 4 is 56.3 Å². The topological polar surface area (TPSA) is 36.4 Å². The first-order valence-corrected chi connectivity index (χ1v) is 9.53. The number of aromatic nitrogens is 1. The predicted octanol–water partition coefficient (Wildman–Crippen LogP) is 4.57. The van der Waals surface area contributed by atoms with Crippen molar-refractivity contribution in [3.05, 3.63) is 57.5 Å². The second-order valence-electron chi connectivity index (χ2n) is 5.86. The predicted molar refractivity (Wildman–Crippen MR) is 104 cm³/mol. The molecule has 1 amide bonds. The highest BCUT2D eigenvalue weighted by atomic mass is 35.5. The van der Waals surface area contributed by atoms with Gasteiger partial charge >= 0.3 is 0 Å². The number of carbonyl (C=O) groups is 1. The first-order chi connectivity index (χ1) is 12.1. The van der Waals surface area contributed by atoms with Crippen molar-refractivity contribution < 1.29 is 4.79 Å². The number of thiophene rings is 1. The molecule has 0 radical (unpaired) electrons. The van der Waals surface area contributed by atoms with Gasteiger partial charge in [-0.05, 0) is 18.2 Å². The number of halogens is 2. The van der Waals surface area contributed by atoms with Crippen molar-refractivity contribution in [1.82, 2.24) is 9.88 Å². The Balaban J connectivity index is 1.49. The molecule has 2 aromatic heterocycles. The Bertz CT molecular complexity index is 918. The SMILES string of the molecule is O=C(c1sc2ccccc2c1Cl)N1CCN(c2ccc(Cl)cn2)CC1. The normalized spacial score (nSPS) is 15.0. The van der Waals surface area contributed by atoms with Crippen molar-refractivity contribution in [2.75, 3.05) is 31.1 Å². The number of carbonyl (C=O) groups excluding carboxylic acids is 1. The van der Waals surface area contributed by atoms with Gasteiger partial charge in [-0.3, -0.25) is 4.79 Å². The third-order valence-corrected chi connectivity index (χ3v) is 6.22. The van der Waals surface area contributed by atoms with Gasteiger partial charge in [-0.2, -0.15) is 0 Å². The minimum Gasteiger partial charge on any atom is -0.353 e. The molecule has 0 aliphatic carbocycles. The van der Waals surface area contributed by atoms with Gasteiger partial charge in [0.15, 0.2) is 0 Å². The van der Waals surface area contributed by atoms with Gasteiger partial charge in [0.1, 0.15) is 10.7 Å². The molecule has 4 rings (SSSR count). The molecule has 7 heteroatoms. The molecule has 0 spiro atoms. The van der Waals surface area contributed by atoms with Crippen molar-refractivity contribution in [1.29, 1.82) is 0 Å². The molecule has 1 aliphatic rings. The fraction of sp³-hybridized carbons (Fsp3) is 0.222. The van der Waals surface area contributed by atoms with Crippen LogP contribution in [0.1, 0.15) is 9.67 Å². The quantitative estimate of drug-likeness (QED) is 0.641. The maximum Gasteiger partial charge on any atom is 0.265 e. The lowest BCUT2D eigenvalue weighted by molar-refractivity contribution is 0.0751. The summed E-state index contributed by atoms with van der Waals surface area (Å²) in [5.74, 6) is 0.895. The number of benzene rings is 1. The van der Waals surface area contributed by atoms with Crippen LogP contribution in [0, 0.1) is 0 Å². The second-order valence-corrected chi connectivity index (χ2v) is 7.72. The molecule has 25 heavy (non-hydrogen) atoms. The van der Waals surface area contributed by atoms with Crippen molar-refractivity contribution in [2.24, 2.45) is 0 Å². The first-order valence-electron chi connectivity index (χ1n) is 7.96. The van der Waals surface area contributed by atoms with Crippen LogP contribution in [0.15, 0.2) is 42.6 Å². The van der Waals surface area contributed by atoms with E-state index in [-0.39, 0.29) is 5.91 Å². The van der Waals surface area contributed by atoms with Gasteiger partial charge in [0.25, 0.3) is 5.91 Å². The van der Waals surface area contributed by atoms with Crippen molar-refractivity contribution in [3.63, 3.8) is 0 Å². The van der Waals surface area contributed by atoms with Gasteiger partial charge < -0.3 is 9.80 Å². The molecular weight excluding hydrogens is 377 g/mol. The van der Waals surface area contributed by atoms with Gasteiger partial charge in [0, 0.05) is 42.5 Å². The zero-order chi connectivity index (χ0) is 17.4. The van der Waals surface area contributed by atoms with E-state index in [9.17, 15) is 4.79 Å². The minimum absolute atomic E-state index is 0.00918. The molecule has 0 atom stereocenters. The Morgan fingerprint density at radius 3 is 2.48 bits per heavy atom. The summed E-state index contributed by atoms with van der Waals surface area (Å²) >= 11 is 13.8. The van der Waals surface area contributed by atoms with Gasteiger partial charge in [0.05, 0.1) is 10.0 Å². The largest absolute Gasteiger partial charge is 0.353 e. The maximum atomic E-state index is 12.9. The summed E-state index contributed by atoms with van der Waals surface area (Å²) < 4.78 is 1.04. The van der Waals surface area contributed by atoms with Gasteiger partial charge in [-0.15, -0.1) is 11.3 Å². The van der Waals surface area contributed by atoms with E-state index < -0.39 is 0 Å². The summed E-state index contributed by atoms with van der Waals surface area (Å²) in [6, 6.07) is 11.6. The van der Waals surface area contributed by atoms with Gasteiger partial charge in [-0.25, -0.2) is 4.98 Å². The standard InChI is InChI=1S/C18H15Cl2N3OS/c19-12-5-6-15(21-11-12)22-7-9-23(10-8-22)18(24)17-16(20)13-3-1-2-4-14(13)25-17/h1-6,11H,7-10H2. The van der Waals surface area contributed by atoms with Crippen LogP contribution in [0.25, 0.3) is 10.1 Å².